The standard InChI is InChI=1S/C10H17N/c11-10-6-5-8-3-1-2-4-9(8)7-10/h5-6,8-10H,1-4,7,11H2. The van der Waals surface area contributed by atoms with Crippen LogP contribution in [0.3, 0.4) is 0 Å². The maximum absolute atomic E-state index is 5.85. The SMILES string of the molecule is NC1C=CC2CCCCC2C1. The lowest BCUT2D eigenvalue weighted by Crippen LogP contribution is -2.30. The van der Waals surface area contributed by atoms with Gasteiger partial charge >= 0.3 is 0 Å². The van der Waals surface area contributed by atoms with Crippen LogP contribution in [0.1, 0.15) is 32.1 Å². The van der Waals surface area contributed by atoms with E-state index in [-0.39, 0.29) is 0 Å². The summed E-state index contributed by atoms with van der Waals surface area (Å²) in [6.07, 6.45) is 11.5. The van der Waals surface area contributed by atoms with Crippen LogP contribution in [0.2, 0.25) is 0 Å². The van der Waals surface area contributed by atoms with Crippen molar-refractivity contribution in [3.8, 4) is 0 Å². The zero-order valence-corrected chi connectivity index (χ0v) is 7.00. The van der Waals surface area contributed by atoms with Gasteiger partial charge in [0.15, 0.2) is 0 Å². The fourth-order valence-corrected chi connectivity index (χ4v) is 2.50. The third kappa shape index (κ3) is 1.48. The second-order valence-corrected chi connectivity index (χ2v) is 3.99. The molecule has 1 fully saturated rings. The minimum Gasteiger partial charge on any atom is -0.324 e. The molecule has 0 aromatic carbocycles. The number of hydrogen-bond acceptors (Lipinski definition) is 1. The Labute approximate surface area is 68.7 Å². The summed E-state index contributed by atoms with van der Waals surface area (Å²) in [5.74, 6) is 1.80. The smallest absolute Gasteiger partial charge is 0.0226 e. The van der Waals surface area contributed by atoms with Crippen LogP contribution in [-0.2, 0) is 0 Å². The maximum atomic E-state index is 5.85. The van der Waals surface area contributed by atoms with Gasteiger partial charge in [0, 0.05) is 6.04 Å². The lowest BCUT2D eigenvalue weighted by molar-refractivity contribution is 0.249. The highest BCUT2D eigenvalue weighted by molar-refractivity contribution is 5.04. The highest BCUT2D eigenvalue weighted by Crippen LogP contribution is 2.36. The predicted molar refractivity (Wildman–Crippen MR) is 47.2 cm³/mol. The topological polar surface area (TPSA) is 26.0 Å². The Morgan fingerprint density at radius 1 is 1.09 bits per heavy atom. The summed E-state index contributed by atoms with van der Waals surface area (Å²) in [7, 11) is 0. The molecule has 0 bridgehead atoms. The van der Waals surface area contributed by atoms with Gasteiger partial charge in [-0.15, -0.1) is 0 Å². The quantitative estimate of drug-likeness (QED) is 0.527. The minimum absolute atomic E-state index is 0.356. The van der Waals surface area contributed by atoms with Crippen molar-refractivity contribution >= 4 is 0 Å². The molecule has 2 N–H and O–H groups in total. The average Bonchev–Trinajstić information content (AvgIpc) is 2.04. The van der Waals surface area contributed by atoms with Gasteiger partial charge in [0.25, 0.3) is 0 Å². The van der Waals surface area contributed by atoms with E-state index in [2.05, 4.69) is 12.2 Å². The second kappa shape index (κ2) is 2.98. The molecule has 0 spiro atoms. The van der Waals surface area contributed by atoms with Crippen LogP contribution in [0.15, 0.2) is 12.2 Å². The van der Waals surface area contributed by atoms with Gasteiger partial charge in [0.05, 0.1) is 0 Å². The van der Waals surface area contributed by atoms with Crippen LogP contribution >= 0.6 is 0 Å². The molecule has 2 rings (SSSR count). The van der Waals surface area contributed by atoms with Crippen LogP contribution in [0, 0.1) is 11.8 Å². The lowest BCUT2D eigenvalue weighted by atomic mass is 9.73. The van der Waals surface area contributed by atoms with Gasteiger partial charge in [0.1, 0.15) is 0 Å². The summed E-state index contributed by atoms with van der Waals surface area (Å²) in [6.45, 7) is 0. The monoisotopic (exact) mass is 151 g/mol. The van der Waals surface area contributed by atoms with Crippen LogP contribution in [0.4, 0.5) is 0 Å². The van der Waals surface area contributed by atoms with Crippen molar-refractivity contribution in [2.75, 3.05) is 0 Å². The molecule has 1 heteroatoms. The minimum atomic E-state index is 0.356. The molecule has 3 atom stereocenters. The average molecular weight is 151 g/mol. The first-order chi connectivity index (χ1) is 5.36. The van der Waals surface area contributed by atoms with E-state index >= 15 is 0 Å². The molecule has 2 aliphatic rings. The molecule has 2 aliphatic carbocycles. The van der Waals surface area contributed by atoms with Crippen molar-refractivity contribution in [3.05, 3.63) is 12.2 Å². The molecule has 0 aromatic heterocycles. The van der Waals surface area contributed by atoms with Crippen LogP contribution in [0.5, 0.6) is 0 Å². The molecule has 0 heterocycles. The van der Waals surface area contributed by atoms with Gasteiger partial charge in [0.2, 0.25) is 0 Å². The Bertz CT molecular complexity index is 162. The Morgan fingerprint density at radius 2 is 1.91 bits per heavy atom. The van der Waals surface area contributed by atoms with Crippen molar-refractivity contribution in [2.45, 2.75) is 38.1 Å². The van der Waals surface area contributed by atoms with Gasteiger partial charge < -0.3 is 5.73 Å². The fourth-order valence-electron chi connectivity index (χ4n) is 2.50. The Balaban J connectivity index is 2.05. The summed E-state index contributed by atoms with van der Waals surface area (Å²) >= 11 is 0. The third-order valence-electron chi connectivity index (χ3n) is 3.15. The lowest BCUT2D eigenvalue weighted by Gasteiger charge is -2.34. The largest absolute Gasteiger partial charge is 0.324 e. The van der Waals surface area contributed by atoms with Gasteiger partial charge in [-0.2, -0.15) is 0 Å². The Morgan fingerprint density at radius 3 is 2.82 bits per heavy atom. The maximum Gasteiger partial charge on any atom is 0.0226 e. The molecule has 0 amide bonds. The van der Waals surface area contributed by atoms with Crippen molar-refractivity contribution in [2.24, 2.45) is 17.6 Å². The molecule has 0 aliphatic heterocycles. The molecule has 3 unspecified atom stereocenters. The van der Waals surface area contributed by atoms with E-state index in [0.29, 0.717) is 6.04 Å². The Kier molecular flexibility index (Phi) is 1.99. The van der Waals surface area contributed by atoms with E-state index in [1.54, 1.807) is 0 Å². The van der Waals surface area contributed by atoms with Crippen molar-refractivity contribution in [3.63, 3.8) is 0 Å². The molecule has 62 valence electrons. The van der Waals surface area contributed by atoms with Crippen LogP contribution in [-0.4, -0.2) is 6.04 Å². The van der Waals surface area contributed by atoms with Crippen molar-refractivity contribution in [1.29, 1.82) is 0 Å². The summed E-state index contributed by atoms with van der Waals surface area (Å²) in [4.78, 5) is 0. The summed E-state index contributed by atoms with van der Waals surface area (Å²) in [6, 6.07) is 0.356. The number of rotatable bonds is 0. The zero-order valence-electron chi connectivity index (χ0n) is 7.00. The first-order valence-electron chi connectivity index (χ1n) is 4.80. The highest BCUT2D eigenvalue weighted by atomic mass is 14.6. The van der Waals surface area contributed by atoms with Gasteiger partial charge in [-0.1, -0.05) is 25.0 Å². The first kappa shape index (κ1) is 7.35. The molecule has 1 saturated carbocycles. The number of hydrogen-bond donors (Lipinski definition) is 1. The van der Waals surface area contributed by atoms with Crippen molar-refractivity contribution in [1.82, 2.24) is 0 Å². The van der Waals surface area contributed by atoms with Gasteiger partial charge in [-0.25, -0.2) is 0 Å². The van der Waals surface area contributed by atoms with E-state index in [9.17, 15) is 0 Å². The molecule has 0 radical (unpaired) electrons. The van der Waals surface area contributed by atoms with Gasteiger partial charge in [-0.05, 0) is 31.1 Å². The Hall–Kier alpha value is -0.300. The predicted octanol–water partition coefficient (Wildman–Crippen LogP) is 2.08. The third-order valence-corrected chi connectivity index (χ3v) is 3.15. The van der Waals surface area contributed by atoms with Crippen LogP contribution in [0.25, 0.3) is 0 Å². The van der Waals surface area contributed by atoms with E-state index in [1.165, 1.54) is 32.1 Å². The normalized spacial score (nSPS) is 43.5. The van der Waals surface area contributed by atoms with E-state index in [1.807, 2.05) is 0 Å². The van der Waals surface area contributed by atoms with Crippen molar-refractivity contribution < 1.29 is 0 Å². The van der Waals surface area contributed by atoms with E-state index in [0.717, 1.165) is 11.8 Å². The fraction of sp³-hybridized carbons (Fsp3) is 0.800. The van der Waals surface area contributed by atoms with Crippen LogP contribution < -0.4 is 5.73 Å². The molecule has 1 nitrogen and oxygen atoms in total. The number of nitrogens with two attached hydrogens (primary N) is 1. The molecule has 0 saturated heterocycles. The zero-order chi connectivity index (χ0) is 7.68. The molecule has 11 heavy (non-hydrogen) atoms. The summed E-state index contributed by atoms with van der Waals surface area (Å²) in [5, 5.41) is 0. The van der Waals surface area contributed by atoms with E-state index in [4.69, 9.17) is 5.73 Å². The second-order valence-electron chi connectivity index (χ2n) is 3.99. The number of fused-ring (bicyclic) bond motifs is 1. The van der Waals surface area contributed by atoms with Gasteiger partial charge in [-0.3, -0.25) is 0 Å². The highest BCUT2D eigenvalue weighted by Gasteiger charge is 2.26. The molecular weight excluding hydrogens is 134 g/mol. The number of allylic oxidation sites excluding steroid dienone is 1. The molecule has 0 aromatic rings. The molecular formula is C10H17N. The summed E-state index contributed by atoms with van der Waals surface area (Å²) < 4.78 is 0. The van der Waals surface area contributed by atoms with E-state index < -0.39 is 0 Å². The first-order valence-corrected chi connectivity index (χ1v) is 4.80. The summed E-state index contributed by atoms with van der Waals surface area (Å²) in [5.41, 5.74) is 5.85.